The predicted octanol–water partition coefficient (Wildman–Crippen LogP) is 4.13. The Morgan fingerprint density at radius 2 is 1.43 bits per heavy atom. The van der Waals surface area contributed by atoms with Gasteiger partial charge in [0.25, 0.3) is 0 Å². The van der Waals surface area contributed by atoms with Crippen molar-refractivity contribution in [2.24, 2.45) is 5.73 Å². The van der Waals surface area contributed by atoms with Gasteiger partial charge in [0.2, 0.25) is 5.91 Å². The Hall–Kier alpha value is -3.45. The first kappa shape index (κ1) is 26.2. The van der Waals surface area contributed by atoms with Crippen LogP contribution in [0.5, 0.6) is 0 Å². The van der Waals surface area contributed by atoms with Gasteiger partial charge < -0.3 is 15.8 Å². The van der Waals surface area contributed by atoms with Crippen molar-refractivity contribution < 1.29 is 14.8 Å². The SMILES string of the molecule is C=C(C)C(N)=O.CCCN(Cc1ccccc1B(O)O)Cc1c2ccccc2cc2ccccc12. The van der Waals surface area contributed by atoms with Gasteiger partial charge in [-0.3, -0.25) is 9.69 Å². The second kappa shape index (κ2) is 12.3. The highest BCUT2D eigenvalue weighted by Gasteiger charge is 2.18. The van der Waals surface area contributed by atoms with Crippen LogP contribution in [0.25, 0.3) is 21.5 Å². The van der Waals surface area contributed by atoms with Gasteiger partial charge in [-0.25, -0.2) is 0 Å². The van der Waals surface area contributed by atoms with Crippen molar-refractivity contribution in [1.29, 1.82) is 0 Å². The van der Waals surface area contributed by atoms with Gasteiger partial charge in [0.05, 0.1) is 0 Å². The summed E-state index contributed by atoms with van der Waals surface area (Å²) in [5.41, 5.74) is 7.96. The third-order valence-corrected chi connectivity index (χ3v) is 5.95. The molecule has 4 aromatic carbocycles. The highest BCUT2D eigenvalue weighted by molar-refractivity contribution is 6.59. The van der Waals surface area contributed by atoms with Gasteiger partial charge in [-0.15, -0.1) is 0 Å². The molecule has 35 heavy (non-hydrogen) atoms. The van der Waals surface area contributed by atoms with Crippen molar-refractivity contribution >= 4 is 40.0 Å². The molecule has 0 radical (unpaired) electrons. The van der Waals surface area contributed by atoms with E-state index in [1.165, 1.54) is 27.1 Å². The van der Waals surface area contributed by atoms with Crippen LogP contribution < -0.4 is 11.2 Å². The molecule has 6 heteroatoms. The van der Waals surface area contributed by atoms with E-state index in [4.69, 9.17) is 5.73 Å². The third-order valence-electron chi connectivity index (χ3n) is 5.95. The first-order chi connectivity index (χ1) is 16.8. The van der Waals surface area contributed by atoms with Gasteiger partial charge in [-0.1, -0.05) is 86.3 Å². The number of carbonyl (C=O) groups is 1. The molecule has 0 atom stereocenters. The highest BCUT2D eigenvalue weighted by Crippen LogP contribution is 2.30. The van der Waals surface area contributed by atoms with Crippen LogP contribution in [-0.2, 0) is 17.9 Å². The van der Waals surface area contributed by atoms with Crippen molar-refractivity contribution in [3.8, 4) is 0 Å². The number of hydrogen-bond acceptors (Lipinski definition) is 4. The van der Waals surface area contributed by atoms with Gasteiger partial charge in [-0.05, 0) is 64.1 Å². The summed E-state index contributed by atoms with van der Waals surface area (Å²) in [7, 11) is -1.45. The molecular formula is C29H33BN2O3. The standard InChI is InChI=1S/C25H26BNO2.C4H7NO/c1-2-15-27(17-21-11-5-8-14-25(21)26(28)29)18-24-22-12-6-3-9-19(22)16-20-10-4-7-13-23(20)24;1-3(2)4(5)6/h3-14,16,28-29H,2,15,17-18H2,1H3;1H2,2H3,(H2,5,6). The molecule has 0 unspecified atom stereocenters. The van der Waals surface area contributed by atoms with Crippen LogP contribution in [-0.4, -0.2) is 34.5 Å². The molecule has 1 amide bonds. The summed E-state index contributed by atoms with van der Waals surface area (Å²) in [6.45, 7) is 9.46. The normalized spacial score (nSPS) is 10.8. The number of primary amides is 1. The van der Waals surface area contributed by atoms with Crippen molar-refractivity contribution in [3.63, 3.8) is 0 Å². The zero-order valence-electron chi connectivity index (χ0n) is 20.4. The van der Waals surface area contributed by atoms with E-state index in [-0.39, 0.29) is 0 Å². The monoisotopic (exact) mass is 468 g/mol. The van der Waals surface area contributed by atoms with E-state index in [1.54, 1.807) is 13.0 Å². The third kappa shape index (κ3) is 6.79. The number of hydrogen-bond donors (Lipinski definition) is 3. The average molecular weight is 468 g/mol. The van der Waals surface area contributed by atoms with Crippen molar-refractivity contribution in [1.82, 2.24) is 4.90 Å². The highest BCUT2D eigenvalue weighted by atomic mass is 16.4. The van der Waals surface area contributed by atoms with Crippen LogP contribution in [0.2, 0.25) is 0 Å². The van der Waals surface area contributed by atoms with E-state index in [1.807, 2.05) is 18.2 Å². The number of carbonyl (C=O) groups excluding carboxylic acids is 1. The summed E-state index contributed by atoms with van der Waals surface area (Å²) in [4.78, 5) is 12.2. The number of benzene rings is 4. The molecule has 0 heterocycles. The van der Waals surface area contributed by atoms with Crippen molar-refractivity contribution in [2.75, 3.05) is 6.54 Å². The van der Waals surface area contributed by atoms with Crippen LogP contribution in [0.15, 0.2) is 91.0 Å². The van der Waals surface area contributed by atoms with E-state index < -0.39 is 13.0 Å². The largest absolute Gasteiger partial charge is 0.488 e. The molecule has 0 aliphatic rings. The number of fused-ring (bicyclic) bond motifs is 2. The average Bonchev–Trinajstić information content (AvgIpc) is 2.84. The molecular weight excluding hydrogens is 435 g/mol. The summed E-state index contributed by atoms with van der Waals surface area (Å²) >= 11 is 0. The molecule has 4 aromatic rings. The predicted molar refractivity (Wildman–Crippen MR) is 146 cm³/mol. The molecule has 180 valence electrons. The van der Waals surface area contributed by atoms with Gasteiger partial charge in [-0.2, -0.15) is 0 Å². The van der Waals surface area contributed by atoms with E-state index in [0.29, 0.717) is 17.6 Å². The minimum Gasteiger partial charge on any atom is -0.423 e. The molecule has 0 bridgehead atoms. The maximum Gasteiger partial charge on any atom is 0.488 e. The van der Waals surface area contributed by atoms with E-state index >= 15 is 0 Å². The van der Waals surface area contributed by atoms with Crippen molar-refractivity contribution in [2.45, 2.75) is 33.4 Å². The molecule has 0 aliphatic carbocycles. The lowest BCUT2D eigenvalue weighted by atomic mass is 9.77. The van der Waals surface area contributed by atoms with Crippen LogP contribution in [0.3, 0.4) is 0 Å². The van der Waals surface area contributed by atoms with Gasteiger partial charge in [0.15, 0.2) is 0 Å². The van der Waals surface area contributed by atoms with Crippen LogP contribution in [0.4, 0.5) is 0 Å². The van der Waals surface area contributed by atoms with Crippen LogP contribution in [0.1, 0.15) is 31.4 Å². The van der Waals surface area contributed by atoms with E-state index in [0.717, 1.165) is 25.1 Å². The summed E-state index contributed by atoms with van der Waals surface area (Å²) in [5, 5.41) is 24.6. The van der Waals surface area contributed by atoms with E-state index in [2.05, 4.69) is 73.0 Å². The van der Waals surface area contributed by atoms with Crippen LogP contribution >= 0.6 is 0 Å². The molecule has 5 nitrogen and oxygen atoms in total. The van der Waals surface area contributed by atoms with Crippen LogP contribution in [0, 0.1) is 0 Å². The second-order valence-corrected chi connectivity index (χ2v) is 8.73. The molecule has 4 N–H and O–H groups in total. The lowest BCUT2D eigenvalue weighted by Gasteiger charge is -2.25. The Balaban J connectivity index is 0.000000509. The second-order valence-electron chi connectivity index (χ2n) is 8.73. The maximum atomic E-state index is 9.82. The van der Waals surface area contributed by atoms with Gasteiger partial charge in [0, 0.05) is 18.7 Å². The summed E-state index contributed by atoms with van der Waals surface area (Å²) < 4.78 is 0. The van der Waals surface area contributed by atoms with Gasteiger partial charge >= 0.3 is 7.12 Å². The number of nitrogens with zero attached hydrogens (tertiary/aromatic N) is 1. The molecule has 0 saturated heterocycles. The zero-order chi connectivity index (χ0) is 25.4. The number of amides is 1. The quantitative estimate of drug-likeness (QED) is 0.206. The minimum atomic E-state index is -1.45. The molecule has 0 saturated carbocycles. The smallest absolute Gasteiger partial charge is 0.423 e. The lowest BCUT2D eigenvalue weighted by Crippen LogP contribution is -2.35. The molecule has 0 aromatic heterocycles. The van der Waals surface area contributed by atoms with E-state index in [9.17, 15) is 14.8 Å². The zero-order valence-corrected chi connectivity index (χ0v) is 20.4. The molecule has 0 fully saturated rings. The minimum absolute atomic E-state index is 0.398. The Morgan fingerprint density at radius 3 is 1.94 bits per heavy atom. The lowest BCUT2D eigenvalue weighted by molar-refractivity contribution is -0.114. The first-order valence-electron chi connectivity index (χ1n) is 11.8. The Morgan fingerprint density at radius 1 is 0.914 bits per heavy atom. The first-order valence-corrected chi connectivity index (χ1v) is 11.8. The Bertz CT molecular complexity index is 1250. The summed E-state index contributed by atoms with van der Waals surface area (Å²) in [6, 6.07) is 27.0. The maximum absolute atomic E-state index is 9.82. The summed E-state index contributed by atoms with van der Waals surface area (Å²) in [6.07, 6.45) is 1.03. The van der Waals surface area contributed by atoms with Gasteiger partial charge in [0.1, 0.15) is 0 Å². The number of nitrogens with two attached hydrogens (primary N) is 1. The summed E-state index contributed by atoms with van der Waals surface area (Å²) in [5.74, 6) is -0.435. The Kier molecular flexibility index (Phi) is 9.21. The number of rotatable bonds is 8. The topological polar surface area (TPSA) is 86.8 Å². The van der Waals surface area contributed by atoms with Crippen molar-refractivity contribution in [3.05, 3.63) is 102 Å². The molecule has 0 aliphatic heterocycles. The Labute approximate surface area is 207 Å². The fourth-order valence-corrected chi connectivity index (χ4v) is 4.20. The molecule has 4 rings (SSSR count). The molecule has 0 spiro atoms. The fourth-order valence-electron chi connectivity index (χ4n) is 4.20. The fraction of sp³-hybridized carbons (Fsp3) is 0.207.